The third kappa shape index (κ3) is 3.94. The SMILES string of the molecule is CCc1cnc(OC2CCCN(C(=O)Cc3c[nH]c4ccccc34)C2)nc1. The van der Waals surface area contributed by atoms with Crippen LogP contribution in [0.2, 0.25) is 0 Å². The summed E-state index contributed by atoms with van der Waals surface area (Å²) in [6.07, 6.45) is 8.61. The average molecular weight is 364 g/mol. The maximum atomic E-state index is 12.8. The van der Waals surface area contributed by atoms with Crippen molar-refractivity contribution in [2.75, 3.05) is 13.1 Å². The molecule has 0 spiro atoms. The summed E-state index contributed by atoms with van der Waals surface area (Å²) in [5.74, 6) is 0.135. The van der Waals surface area contributed by atoms with Gasteiger partial charge in [0.15, 0.2) is 0 Å². The van der Waals surface area contributed by atoms with Crippen LogP contribution in [0.25, 0.3) is 10.9 Å². The van der Waals surface area contributed by atoms with Gasteiger partial charge < -0.3 is 14.6 Å². The Morgan fingerprint density at radius 1 is 1.30 bits per heavy atom. The number of H-pyrrole nitrogens is 1. The number of piperidine rings is 1. The zero-order valence-corrected chi connectivity index (χ0v) is 15.5. The number of amides is 1. The number of carbonyl (C=O) groups excluding carboxylic acids is 1. The Balaban J connectivity index is 1.39. The quantitative estimate of drug-likeness (QED) is 0.755. The van der Waals surface area contributed by atoms with Gasteiger partial charge in [-0.25, -0.2) is 9.97 Å². The molecule has 6 nitrogen and oxygen atoms in total. The number of ether oxygens (including phenoxy) is 1. The maximum Gasteiger partial charge on any atom is 0.316 e. The van der Waals surface area contributed by atoms with Gasteiger partial charge >= 0.3 is 6.01 Å². The fourth-order valence-electron chi connectivity index (χ4n) is 3.55. The summed E-state index contributed by atoms with van der Waals surface area (Å²) in [7, 11) is 0. The first-order valence-corrected chi connectivity index (χ1v) is 9.53. The average Bonchev–Trinajstić information content (AvgIpc) is 3.12. The molecule has 1 N–H and O–H groups in total. The largest absolute Gasteiger partial charge is 0.458 e. The number of aromatic amines is 1. The lowest BCUT2D eigenvalue weighted by Crippen LogP contribution is -2.45. The molecule has 1 fully saturated rings. The maximum absolute atomic E-state index is 12.8. The molecule has 0 radical (unpaired) electrons. The Morgan fingerprint density at radius 3 is 2.93 bits per heavy atom. The number of benzene rings is 1. The molecule has 1 aliphatic rings. The number of nitrogens with one attached hydrogen (secondary N) is 1. The van der Waals surface area contributed by atoms with Crippen molar-refractivity contribution >= 4 is 16.8 Å². The van der Waals surface area contributed by atoms with Crippen molar-refractivity contribution in [2.24, 2.45) is 0 Å². The van der Waals surface area contributed by atoms with E-state index in [0.29, 0.717) is 19.0 Å². The van der Waals surface area contributed by atoms with E-state index in [4.69, 9.17) is 4.74 Å². The van der Waals surface area contributed by atoms with Gasteiger partial charge in [0.25, 0.3) is 0 Å². The van der Waals surface area contributed by atoms with Crippen molar-refractivity contribution < 1.29 is 9.53 Å². The summed E-state index contributed by atoms with van der Waals surface area (Å²) in [4.78, 5) is 26.5. The normalized spacial score (nSPS) is 17.2. The van der Waals surface area contributed by atoms with Gasteiger partial charge in [-0.15, -0.1) is 0 Å². The standard InChI is InChI=1S/C21H24N4O2/c1-2-15-11-23-21(24-12-15)27-17-6-5-9-25(14-17)20(26)10-16-13-22-19-8-4-3-7-18(16)19/h3-4,7-8,11-13,17,22H,2,5-6,9-10,14H2,1H3. The van der Waals surface area contributed by atoms with Gasteiger partial charge in [-0.2, -0.15) is 0 Å². The molecule has 4 rings (SSSR count). The number of para-hydroxylation sites is 1. The minimum Gasteiger partial charge on any atom is -0.458 e. The third-order valence-corrected chi connectivity index (χ3v) is 5.11. The molecule has 2 aromatic heterocycles. The second-order valence-corrected chi connectivity index (χ2v) is 6.99. The highest BCUT2D eigenvalue weighted by Gasteiger charge is 2.26. The predicted octanol–water partition coefficient (Wildman–Crippen LogP) is 3.13. The topological polar surface area (TPSA) is 71.1 Å². The van der Waals surface area contributed by atoms with Gasteiger partial charge in [-0.05, 0) is 36.5 Å². The van der Waals surface area contributed by atoms with E-state index >= 15 is 0 Å². The number of hydrogen-bond donors (Lipinski definition) is 1. The first-order valence-electron chi connectivity index (χ1n) is 9.53. The van der Waals surface area contributed by atoms with E-state index in [1.54, 1.807) is 12.4 Å². The van der Waals surface area contributed by atoms with Crippen molar-refractivity contribution in [3.8, 4) is 6.01 Å². The molecule has 27 heavy (non-hydrogen) atoms. The van der Waals surface area contributed by atoms with E-state index in [9.17, 15) is 4.79 Å². The lowest BCUT2D eigenvalue weighted by Gasteiger charge is -2.32. The zero-order valence-electron chi connectivity index (χ0n) is 15.5. The number of rotatable bonds is 5. The highest BCUT2D eigenvalue weighted by atomic mass is 16.5. The molecule has 140 valence electrons. The van der Waals surface area contributed by atoms with E-state index in [0.717, 1.165) is 47.8 Å². The van der Waals surface area contributed by atoms with Crippen LogP contribution in [0, 0.1) is 0 Å². The summed E-state index contributed by atoms with van der Waals surface area (Å²) < 4.78 is 5.92. The molecular weight excluding hydrogens is 340 g/mol. The van der Waals surface area contributed by atoms with Crippen LogP contribution < -0.4 is 4.74 Å². The molecule has 3 aromatic rings. The Morgan fingerprint density at radius 2 is 2.11 bits per heavy atom. The molecule has 6 heteroatoms. The summed E-state index contributed by atoms with van der Waals surface area (Å²) in [5, 5.41) is 1.11. The number of hydrogen-bond acceptors (Lipinski definition) is 4. The number of likely N-dealkylation sites (tertiary alicyclic amines) is 1. The molecule has 1 amide bonds. The third-order valence-electron chi connectivity index (χ3n) is 5.11. The summed E-state index contributed by atoms with van der Waals surface area (Å²) in [6.45, 7) is 3.42. The van der Waals surface area contributed by atoms with Crippen LogP contribution >= 0.6 is 0 Å². The number of aromatic nitrogens is 3. The van der Waals surface area contributed by atoms with Gasteiger partial charge in [0.05, 0.1) is 13.0 Å². The fraction of sp³-hybridized carbons (Fsp3) is 0.381. The van der Waals surface area contributed by atoms with Crippen molar-refractivity contribution in [2.45, 2.75) is 38.7 Å². The lowest BCUT2D eigenvalue weighted by molar-refractivity contribution is -0.133. The summed E-state index contributed by atoms with van der Waals surface area (Å²) in [6, 6.07) is 8.46. The molecule has 3 heterocycles. The predicted molar refractivity (Wildman–Crippen MR) is 104 cm³/mol. The van der Waals surface area contributed by atoms with E-state index in [-0.39, 0.29) is 12.0 Å². The molecule has 0 saturated carbocycles. The summed E-state index contributed by atoms with van der Waals surface area (Å²) in [5.41, 5.74) is 3.19. The molecule has 1 saturated heterocycles. The first kappa shape index (κ1) is 17.5. The molecule has 0 bridgehead atoms. The van der Waals surface area contributed by atoms with Gasteiger partial charge in [-0.1, -0.05) is 25.1 Å². The summed E-state index contributed by atoms with van der Waals surface area (Å²) >= 11 is 0. The Hall–Kier alpha value is -2.89. The highest BCUT2D eigenvalue weighted by molar-refractivity contribution is 5.88. The lowest BCUT2D eigenvalue weighted by atomic mass is 10.1. The molecule has 1 aliphatic heterocycles. The van der Waals surface area contributed by atoms with Crippen molar-refractivity contribution in [3.05, 3.63) is 54.0 Å². The Labute approximate surface area is 158 Å². The van der Waals surface area contributed by atoms with Crippen LogP contribution in [-0.4, -0.2) is 45.0 Å². The number of fused-ring (bicyclic) bond motifs is 1. The van der Waals surface area contributed by atoms with Gasteiger partial charge in [-0.3, -0.25) is 4.79 Å². The molecule has 1 unspecified atom stereocenters. The fourth-order valence-corrected chi connectivity index (χ4v) is 3.55. The van der Waals surface area contributed by atoms with Crippen molar-refractivity contribution in [1.29, 1.82) is 0 Å². The van der Waals surface area contributed by atoms with Crippen LogP contribution in [0.1, 0.15) is 30.9 Å². The van der Waals surface area contributed by atoms with Gasteiger partial charge in [0.2, 0.25) is 5.91 Å². The van der Waals surface area contributed by atoms with Crippen molar-refractivity contribution in [1.82, 2.24) is 19.9 Å². The minimum absolute atomic E-state index is 0.0573. The second-order valence-electron chi connectivity index (χ2n) is 6.99. The van der Waals surface area contributed by atoms with Crippen molar-refractivity contribution in [3.63, 3.8) is 0 Å². The van der Waals surface area contributed by atoms with Crippen LogP contribution in [0.4, 0.5) is 0 Å². The Bertz CT molecular complexity index is 919. The van der Waals surface area contributed by atoms with Gasteiger partial charge in [0.1, 0.15) is 6.10 Å². The van der Waals surface area contributed by atoms with E-state index in [1.165, 1.54) is 0 Å². The van der Waals surface area contributed by atoms with Gasteiger partial charge in [0, 0.05) is 36.0 Å². The zero-order chi connectivity index (χ0) is 18.6. The van der Waals surface area contributed by atoms with E-state index in [1.807, 2.05) is 35.4 Å². The minimum atomic E-state index is -0.0573. The molecule has 1 atom stereocenters. The molecular formula is C21H24N4O2. The van der Waals surface area contributed by atoms with Crippen LogP contribution in [0.15, 0.2) is 42.9 Å². The number of nitrogens with zero attached hydrogens (tertiary/aromatic N) is 3. The monoisotopic (exact) mass is 364 g/mol. The van der Waals surface area contributed by atoms with Crippen LogP contribution in [0.3, 0.4) is 0 Å². The number of carbonyl (C=O) groups is 1. The molecule has 0 aliphatic carbocycles. The van der Waals surface area contributed by atoms with Crippen LogP contribution in [0.5, 0.6) is 6.01 Å². The van der Waals surface area contributed by atoms with E-state index in [2.05, 4.69) is 21.9 Å². The Kier molecular flexibility index (Phi) is 5.05. The first-order chi connectivity index (χ1) is 13.2. The van der Waals surface area contributed by atoms with Crippen LogP contribution in [-0.2, 0) is 17.6 Å². The second kappa shape index (κ2) is 7.78. The smallest absolute Gasteiger partial charge is 0.316 e. The van der Waals surface area contributed by atoms with E-state index < -0.39 is 0 Å². The molecule has 1 aromatic carbocycles. The number of aryl methyl sites for hydroxylation is 1. The highest BCUT2D eigenvalue weighted by Crippen LogP contribution is 2.21.